The average molecular weight is 333 g/mol. The zero-order chi connectivity index (χ0) is 13.0. The zero-order valence-electron chi connectivity index (χ0n) is 10.7. The molecule has 2 rings (SSSR count). The van der Waals surface area contributed by atoms with E-state index in [9.17, 15) is 0 Å². The van der Waals surface area contributed by atoms with Gasteiger partial charge in [-0.15, -0.1) is 0 Å². The number of hydrogen-bond acceptors (Lipinski definition) is 2. The van der Waals surface area contributed by atoms with Crippen LogP contribution in [0.2, 0.25) is 5.02 Å². The van der Waals surface area contributed by atoms with Crippen molar-refractivity contribution >= 4 is 27.5 Å². The van der Waals surface area contributed by atoms with Gasteiger partial charge in [0.2, 0.25) is 0 Å². The van der Waals surface area contributed by atoms with E-state index in [0.717, 1.165) is 35.7 Å². The van der Waals surface area contributed by atoms with E-state index in [1.165, 1.54) is 18.4 Å². The highest BCUT2D eigenvalue weighted by Crippen LogP contribution is 2.24. The van der Waals surface area contributed by atoms with Crippen molar-refractivity contribution in [1.82, 2.24) is 4.90 Å². The number of likely N-dealkylation sites (tertiary alicyclic amines) is 1. The van der Waals surface area contributed by atoms with Crippen LogP contribution >= 0.6 is 27.5 Å². The maximum absolute atomic E-state index is 6.26. The Hall–Kier alpha value is -0.0900. The van der Waals surface area contributed by atoms with E-state index < -0.39 is 0 Å². The van der Waals surface area contributed by atoms with Gasteiger partial charge in [0.1, 0.15) is 0 Å². The zero-order valence-corrected chi connectivity index (χ0v) is 13.0. The van der Waals surface area contributed by atoms with Crippen molar-refractivity contribution in [2.75, 3.05) is 19.7 Å². The minimum absolute atomic E-state index is 0.387. The van der Waals surface area contributed by atoms with Gasteiger partial charge in [-0.2, -0.15) is 0 Å². The number of hydrogen-bond donors (Lipinski definition) is 0. The highest BCUT2D eigenvalue weighted by Gasteiger charge is 2.20. The second-order valence-electron chi connectivity index (χ2n) is 4.69. The second kappa shape index (κ2) is 6.90. The SMILES string of the molecule is CCOC1CCCN(Cc2ccc(Br)cc2Cl)C1. The Balaban J connectivity index is 1.96. The van der Waals surface area contributed by atoms with E-state index in [1.54, 1.807) is 0 Å². The molecule has 1 aromatic rings. The lowest BCUT2D eigenvalue weighted by molar-refractivity contribution is 0.00364. The largest absolute Gasteiger partial charge is 0.377 e. The Morgan fingerprint density at radius 2 is 2.33 bits per heavy atom. The summed E-state index contributed by atoms with van der Waals surface area (Å²) in [4.78, 5) is 2.43. The van der Waals surface area contributed by atoms with E-state index in [0.29, 0.717) is 6.10 Å². The van der Waals surface area contributed by atoms with Crippen LogP contribution in [0.5, 0.6) is 0 Å². The molecule has 0 aromatic heterocycles. The van der Waals surface area contributed by atoms with Crippen LogP contribution in [0.3, 0.4) is 0 Å². The maximum atomic E-state index is 6.26. The fourth-order valence-electron chi connectivity index (χ4n) is 2.42. The summed E-state index contributed by atoms with van der Waals surface area (Å²) in [6.45, 7) is 5.92. The second-order valence-corrected chi connectivity index (χ2v) is 6.01. The molecule has 1 aliphatic rings. The lowest BCUT2D eigenvalue weighted by Gasteiger charge is -2.32. The van der Waals surface area contributed by atoms with Crippen LogP contribution in [0.4, 0.5) is 0 Å². The van der Waals surface area contributed by atoms with Gasteiger partial charge < -0.3 is 4.74 Å². The van der Waals surface area contributed by atoms with Crippen molar-refractivity contribution in [3.63, 3.8) is 0 Å². The summed E-state index contributed by atoms with van der Waals surface area (Å²) in [6.07, 6.45) is 2.77. The summed E-state index contributed by atoms with van der Waals surface area (Å²) in [5, 5.41) is 0.836. The van der Waals surface area contributed by atoms with Crippen molar-refractivity contribution < 1.29 is 4.74 Å². The molecule has 18 heavy (non-hydrogen) atoms. The molecule has 1 aromatic carbocycles. The third-order valence-corrected chi connectivity index (χ3v) is 4.12. The van der Waals surface area contributed by atoms with Gasteiger partial charge in [0.15, 0.2) is 0 Å². The Labute approximate surface area is 122 Å². The Kier molecular flexibility index (Phi) is 5.49. The number of ether oxygens (including phenoxy) is 1. The van der Waals surface area contributed by atoms with Gasteiger partial charge in [-0.05, 0) is 44.0 Å². The van der Waals surface area contributed by atoms with Crippen LogP contribution in [0.15, 0.2) is 22.7 Å². The van der Waals surface area contributed by atoms with Crippen molar-refractivity contribution in [3.05, 3.63) is 33.3 Å². The summed E-state index contributed by atoms with van der Waals surface area (Å²) in [7, 11) is 0. The number of piperidine rings is 1. The Bertz CT molecular complexity index is 397. The molecule has 1 aliphatic heterocycles. The minimum Gasteiger partial charge on any atom is -0.377 e. The normalized spacial score (nSPS) is 21.2. The van der Waals surface area contributed by atoms with Gasteiger partial charge in [-0.3, -0.25) is 4.90 Å². The van der Waals surface area contributed by atoms with Crippen LogP contribution in [0.1, 0.15) is 25.3 Å². The number of benzene rings is 1. The molecule has 0 radical (unpaired) electrons. The van der Waals surface area contributed by atoms with Gasteiger partial charge in [0.25, 0.3) is 0 Å². The topological polar surface area (TPSA) is 12.5 Å². The molecule has 100 valence electrons. The predicted molar refractivity (Wildman–Crippen MR) is 79.1 cm³/mol. The molecule has 2 nitrogen and oxygen atoms in total. The van der Waals surface area contributed by atoms with Gasteiger partial charge in [-0.25, -0.2) is 0 Å². The smallest absolute Gasteiger partial charge is 0.0702 e. The van der Waals surface area contributed by atoms with Crippen molar-refractivity contribution in [2.24, 2.45) is 0 Å². The van der Waals surface area contributed by atoms with Crippen LogP contribution in [-0.2, 0) is 11.3 Å². The van der Waals surface area contributed by atoms with Gasteiger partial charge >= 0.3 is 0 Å². The molecule has 0 aliphatic carbocycles. The molecule has 0 amide bonds. The molecule has 1 atom stereocenters. The monoisotopic (exact) mass is 331 g/mol. The molecule has 0 N–H and O–H groups in total. The number of rotatable bonds is 4. The fourth-order valence-corrected chi connectivity index (χ4v) is 3.15. The fraction of sp³-hybridized carbons (Fsp3) is 0.571. The Morgan fingerprint density at radius 1 is 1.50 bits per heavy atom. The number of nitrogens with zero attached hydrogens (tertiary/aromatic N) is 1. The quantitative estimate of drug-likeness (QED) is 0.823. The highest BCUT2D eigenvalue weighted by molar-refractivity contribution is 9.10. The van der Waals surface area contributed by atoms with Crippen molar-refractivity contribution in [1.29, 1.82) is 0 Å². The first-order valence-electron chi connectivity index (χ1n) is 6.47. The third-order valence-electron chi connectivity index (χ3n) is 3.27. The molecule has 1 fully saturated rings. The van der Waals surface area contributed by atoms with Crippen molar-refractivity contribution in [2.45, 2.75) is 32.4 Å². The lowest BCUT2D eigenvalue weighted by Crippen LogP contribution is -2.39. The van der Waals surface area contributed by atoms with Crippen LogP contribution in [0, 0.1) is 0 Å². The molecular formula is C14H19BrClNO. The van der Waals surface area contributed by atoms with Gasteiger partial charge in [-0.1, -0.05) is 33.6 Å². The maximum Gasteiger partial charge on any atom is 0.0702 e. The molecule has 0 saturated carbocycles. The molecule has 1 heterocycles. The van der Waals surface area contributed by atoms with Crippen LogP contribution in [0.25, 0.3) is 0 Å². The summed E-state index contributed by atoms with van der Waals surface area (Å²) in [5.74, 6) is 0. The van der Waals surface area contributed by atoms with E-state index in [4.69, 9.17) is 16.3 Å². The van der Waals surface area contributed by atoms with E-state index >= 15 is 0 Å². The molecule has 1 saturated heterocycles. The predicted octanol–water partition coefficient (Wildman–Crippen LogP) is 4.10. The first kappa shape index (κ1) is 14.3. The first-order chi connectivity index (χ1) is 8.69. The summed E-state index contributed by atoms with van der Waals surface area (Å²) in [5.41, 5.74) is 1.19. The molecule has 0 bridgehead atoms. The average Bonchev–Trinajstić information content (AvgIpc) is 2.34. The van der Waals surface area contributed by atoms with Gasteiger partial charge in [0, 0.05) is 29.2 Å². The van der Waals surface area contributed by atoms with Crippen LogP contribution < -0.4 is 0 Å². The van der Waals surface area contributed by atoms with Crippen molar-refractivity contribution in [3.8, 4) is 0 Å². The molecule has 0 spiro atoms. The summed E-state index contributed by atoms with van der Waals surface area (Å²) < 4.78 is 6.75. The molecule has 4 heteroatoms. The molecular weight excluding hydrogens is 314 g/mol. The lowest BCUT2D eigenvalue weighted by atomic mass is 10.1. The van der Waals surface area contributed by atoms with E-state index in [1.807, 2.05) is 12.1 Å². The third kappa shape index (κ3) is 3.95. The van der Waals surface area contributed by atoms with E-state index in [-0.39, 0.29) is 0 Å². The number of halogens is 2. The van der Waals surface area contributed by atoms with E-state index in [2.05, 4.69) is 33.8 Å². The standard InChI is InChI=1S/C14H19BrClNO/c1-2-18-13-4-3-7-17(10-13)9-11-5-6-12(15)8-14(11)16/h5-6,8,13H,2-4,7,9-10H2,1H3. The summed E-state index contributed by atoms with van der Waals surface area (Å²) in [6, 6.07) is 6.10. The van der Waals surface area contributed by atoms with Crippen LogP contribution in [-0.4, -0.2) is 30.7 Å². The summed E-state index contributed by atoms with van der Waals surface area (Å²) >= 11 is 9.69. The first-order valence-corrected chi connectivity index (χ1v) is 7.64. The Morgan fingerprint density at radius 3 is 3.06 bits per heavy atom. The molecule has 1 unspecified atom stereocenters. The highest BCUT2D eigenvalue weighted by atomic mass is 79.9. The van der Waals surface area contributed by atoms with Gasteiger partial charge in [0.05, 0.1) is 6.10 Å². The minimum atomic E-state index is 0.387.